The van der Waals surface area contributed by atoms with Crippen molar-refractivity contribution in [3.8, 4) is 0 Å². The van der Waals surface area contributed by atoms with Crippen LogP contribution in [0.15, 0.2) is 27.6 Å². The summed E-state index contributed by atoms with van der Waals surface area (Å²) in [7, 11) is 0. The normalized spacial score (nSPS) is 21.0. The average molecular weight is 698 g/mol. The molecule has 1 N–H and O–H groups in total. The van der Waals surface area contributed by atoms with Gasteiger partial charge in [-0.3, -0.25) is 9.59 Å². The number of hydrogen-bond acceptors (Lipinski definition) is 7. The van der Waals surface area contributed by atoms with Crippen LogP contribution >= 0.6 is 27.5 Å². The molecule has 2 aliphatic heterocycles. The van der Waals surface area contributed by atoms with Crippen LogP contribution in [-0.4, -0.2) is 62.2 Å². The molecule has 2 fully saturated rings. The molecule has 4 heterocycles. The molecular weight excluding hydrogens is 669 g/mol. The molecule has 3 aromatic rings. The number of nitrogens with one attached hydrogen (secondary N) is 1. The number of alkyl halides is 3. The first-order valence-corrected chi connectivity index (χ1v) is 15.2. The molecule has 1 saturated heterocycles. The van der Waals surface area contributed by atoms with Crippen LogP contribution in [-0.2, 0) is 28.7 Å². The van der Waals surface area contributed by atoms with E-state index in [4.69, 9.17) is 16.3 Å². The lowest BCUT2D eigenvalue weighted by atomic mass is 9.67. The third-order valence-electron chi connectivity index (χ3n) is 8.29. The lowest BCUT2D eigenvalue weighted by molar-refractivity contribution is -0.137. The van der Waals surface area contributed by atoms with Crippen LogP contribution in [0.1, 0.15) is 44.1 Å². The van der Waals surface area contributed by atoms with Crippen LogP contribution in [0.4, 0.5) is 29.3 Å². The zero-order chi connectivity index (χ0) is 31.9. The van der Waals surface area contributed by atoms with Crippen LogP contribution in [0.5, 0.6) is 0 Å². The van der Waals surface area contributed by atoms with Gasteiger partial charge in [0.25, 0.3) is 0 Å². The topological polar surface area (TPSA) is 110 Å². The standard InChI is InChI=1S/C29H29BrClF3N6O4/c1-13-25(30)37-21-24(42)23-19(10-14-9-18-22(14)39(23)8-7-38(18)27(43)44-28(2,3)4)40(26(21)35-13)12-20(41)36-17-6-5-15(11-16(17)31)29(32,33)34/h5-6,11,14,18,22H,7-10,12H2,1-4H3,(H,36,41)/t14?,18-,22-/m0/s1. The Morgan fingerprint density at radius 2 is 1.91 bits per heavy atom. The first kappa shape index (κ1) is 30.6. The van der Waals surface area contributed by atoms with Gasteiger partial charge in [-0.05, 0) is 80.6 Å². The summed E-state index contributed by atoms with van der Waals surface area (Å²) in [5, 5.41) is 2.34. The van der Waals surface area contributed by atoms with Gasteiger partial charge in [-0.15, -0.1) is 0 Å². The van der Waals surface area contributed by atoms with Gasteiger partial charge in [-0.25, -0.2) is 14.8 Å². The number of aryl methyl sites for hydroxylation is 1. The highest BCUT2D eigenvalue weighted by Crippen LogP contribution is 2.47. The fourth-order valence-corrected chi connectivity index (χ4v) is 6.89. The van der Waals surface area contributed by atoms with Crippen molar-refractivity contribution in [2.45, 2.75) is 70.9 Å². The summed E-state index contributed by atoms with van der Waals surface area (Å²) >= 11 is 9.45. The lowest BCUT2D eigenvalue weighted by Gasteiger charge is -2.60. The average Bonchev–Trinajstić information content (AvgIpc) is 2.90. The summed E-state index contributed by atoms with van der Waals surface area (Å²) in [6, 6.07) is 2.48. The van der Waals surface area contributed by atoms with E-state index in [9.17, 15) is 27.6 Å². The predicted molar refractivity (Wildman–Crippen MR) is 161 cm³/mol. The molecule has 234 valence electrons. The number of carbonyl (C=O) groups excluding carboxylic acids is 2. The molecule has 0 radical (unpaired) electrons. The van der Waals surface area contributed by atoms with E-state index in [0.29, 0.717) is 47.6 Å². The van der Waals surface area contributed by atoms with Crippen molar-refractivity contribution in [2.24, 2.45) is 5.92 Å². The monoisotopic (exact) mass is 696 g/mol. The van der Waals surface area contributed by atoms with E-state index in [1.54, 1.807) is 16.4 Å². The van der Waals surface area contributed by atoms with E-state index < -0.39 is 23.2 Å². The number of amides is 2. The Hall–Kier alpha value is -3.39. The number of nitrogens with zero attached hydrogens (tertiary/aromatic N) is 5. The summed E-state index contributed by atoms with van der Waals surface area (Å²) in [6.45, 7) is 7.63. The van der Waals surface area contributed by atoms with Gasteiger partial charge < -0.3 is 24.4 Å². The Kier molecular flexibility index (Phi) is 7.38. The van der Waals surface area contributed by atoms with Crippen LogP contribution in [0.2, 0.25) is 5.02 Å². The lowest BCUT2D eigenvalue weighted by Crippen LogP contribution is -2.72. The third-order valence-corrected chi connectivity index (χ3v) is 9.35. The van der Waals surface area contributed by atoms with Crippen molar-refractivity contribution in [2.75, 3.05) is 23.3 Å². The van der Waals surface area contributed by atoms with Crippen molar-refractivity contribution in [3.63, 3.8) is 0 Å². The number of benzene rings is 1. The largest absolute Gasteiger partial charge is 0.444 e. The molecule has 1 saturated carbocycles. The minimum absolute atomic E-state index is 0.0223. The van der Waals surface area contributed by atoms with Crippen molar-refractivity contribution in [3.05, 3.63) is 55.0 Å². The van der Waals surface area contributed by atoms with Crippen molar-refractivity contribution in [1.29, 1.82) is 0 Å². The first-order valence-electron chi connectivity index (χ1n) is 14.1. The van der Waals surface area contributed by atoms with E-state index in [2.05, 4.69) is 31.2 Å². The Morgan fingerprint density at radius 3 is 2.57 bits per heavy atom. The summed E-state index contributed by atoms with van der Waals surface area (Å²) in [6.07, 6.45) is -3.80. The van der Waals surface area contributed by atoms with Gasteiger partial charge in [-0.2, -0.15) is 13.2 Å². The molecule has 1 aliphatic carbocycles. The SMILES string of the molecule is Cc1nc2c(nc1Br)c(=O)c1c(n2CC(=O)Nc2ccc(C(F)(F)F)cc2Cl)CC2C[C@H]3[C@H]2N1CCN3C(=O)OC(C)(C)C. The van der Waals surface area contributed by atoms with E-state index in [0.717, 1.165) is 18.2 Å². The second kappa shape index (κ2) is 10.6. The van der Waals surface area contributed by atoms with Gasteiger partial charge in [0, 0.05) is 18.8 Å². The number of aromatic nitrogens is 3. The van der Waals surface area contributed by atoms with Gasteiger partial charge >= 0.3 is 12.3 Å². The molecular formula is C29H29BrClF3N6O4. The zero-order valence-electron chi connectivity index (χ0n) is 24.3. The number of piperazine rings is 1. The molecule has 3 aliphatic rings. The van der Waals surface area contributed by atoms with E-state index in [-0.39, 0.29) is 57.9 Å². The number of rotatable bonds is 3. The molecule has 0 spiro atoms. The number of halogens is 5. The molecule has 6 rings (SSSR count). The van der Waals surface area contributed by atoms with Crippen molar-refractivity contribution >= 4 is 62.1 Å². The quantitative estimate of drug-likeness (QED) is 0.383. The minimum Gasteiger partial charge on any atom is -0.444 e. The fraction of sp³-hybridized carbons (Fsp3) is 0.483. The van der Waals surface area contributed by atoms with Crippen LogP contribution in [0.3, 0.4) is 0 Å². The van der Waals surface area contributed by atoms with Crippen molar-refractivity contribution < 1.29 is 27.5 Å². The molecule has 10 nitrogen and oxygen atoms in total. The highest BCUT2D eigenvalue weighted by atomic mass is 79.9. The molecule has 2 amide bonds. The van der Waals surface area contributed by atoms with Crippen molar-refractivity contribution in [1.82, 2.24) is 19.4 Å². The van der Waals surface area contributed by atoms with Crippen LogP contribution in [0.25, 0.3) is 11.2 Å². The summed E-state index contributed by atoms with van der Waals surface area (Å²) < 4.78 is 47.0. The maximum absolute atomic E-state index is 14.0. The number of ether oxygens (including phenoxy) is 1. The summed E-state index contributed by atoms with van der Waals surface area (Å²) in [4.78, 5) is 53.2. The van der Waals surface area contributed by atoms with Crippen LogP contribution < -0.4 is 15.6 Å². The third kappa shape index (κ3) is 5.29. The van der Waals surface area contributed by atoms with Crippen LogP contribution in [0, 0.1) is 12.8 Å². The second-order valence-corrected chi connectivity index (χ2v) is 13.5. The highest BCUT2D eigenvalue weighted by molar-refractivity contribution is 9.10. The predicted octanol–water partition coefficient (Wildman–Crippen LogP) is 5.54. The van der Waals surface area contributed by atoms with Gasteiger partial charge in [0.15, 0.2) is 11.2 Å². The second-order valence-electron chi connectivity index (χ2n) is 12.3. The van der Waals surface area contributed by atoms with E-state index >= 15 is 0 Å². The Balaban J connectivity index is 1.37. The Morgan fingerprint density at radius 1 is 1.18 bits per heavy atom. The Labute approximate surface area is 263 Å². The fourth-order valence-electron chi connectivity index (χ4n) is 6.40. The summed E-state index contributed by atoms with van der Waals surface area (Å²) in [5.74, 6) is -0.456. The molecule has 44 heavy (non-hydrogen) atoms. The molecule has 3 atom stereocenters. The zero-order valence-corrected chi connectivity index (χ0v) is 26.6. The maximum Gasteiger partial charge on any atom is 0.416 e. The minimum atomic E-state index is -4.58. The summed E-state index contributed by atoms with van der Waals surface area (Å²) in [5.41, 5.74) is -0.0175. The number of fused-ring (bicyclic) bond motifs is 3. The smallest absolute Gasteiger partial charge is 0.416 e. The Bertz CT molecular complexity index is 1780. The van der Waals surface area contributed by atoms with Gasteiger partial charge in [-0.1, -0.05) is 11.6 Å². The number of carbonyl (C=O) groups is 2. The molecule has 15 heteroatoms. The number of hydrogen-bond donors (Lipinski definition) is 1. The maximum atomic E-state index is 14.0. The van der Waals surface area contributed by atoms with E-state index in [1.165, 1.54) is 0 Å². The first-order chi connectivity index (χ1) is 20.5. The van der Waals surface area contributed by atoms with E-state index in [1.807, 2.05) is 25.7 Å². The molecule has 2 aromatic heterocycles. The van der Waals surface area contributed by atoms with Gasteiger partial charge in [0.05, 0.1) is 34.1 Å². The highest BCUT2D eigenvalue weighted by Gasteiger charge is 2.55. The number of anilines is 2. The van der Waals surface area contributed by atoms with Gasteiger partial charge in [0.1, 0.15) is 22.4 Å². The molecule has 1 unspecified atom stereocenters. The van der Waals surface area contributed by atoms with Gasteiger partial charge in [0.2, 0.25) is 11.3 Å². The molecule has 1 aromatic carbocycles. The molecule has 0 bridgehead atoms. The number of pyridine rings is 1.